The monoisotopic (exact) mass is 170 g/mol. The van der Waals surface area contributed by atoms with E-state index < -0.39 is 0 Å². The molecule has 1 saturated carbocycles. The molecule has 2 nitrogen and oxygen atoms in total. The normalized spacial score (nSPS) is 19.2. The van der Waals surface area contributed by atoms with E-state index in [4.69, 9.17) is 5.73 Å². The molecule has 0 amide bonds. The highest BCUT2D eigenvalue weighted by molar-refractivity contribution is 4.79. The van der Waals surface area contributed by atoms with E-state index >= 15 is 0 Å². The molecule has 0 aliphatic heterocycles. The number of hydrogen-bond donors (Lipinski definition) is 2. The van der Waals surface area contributed by atoms with Crippen LogP contribution in [0.2, 0.25) is 0 Å². The molecule has 0 spiro atoms. The van der Waals surface area contributed by atoms with Crippen LogP contribution in [0.25, 0.3) is 0 Å². The lowest BCUT2D eigenvalue weighted by atomic mass is 9.83. The van der Waals surface area contributed by atoms with E-state index in [1.54, 1.807) is 0 Å². The zero-order chi connectivity index (χ0) is 9.03. The predicted octanol–water partition coefficient (Wildman–Crippen LogP) is 1.50. The van der Waals surface area contributed by atoms with Gasteiger partial charge in [-0.25, -0.2) is 0 Å². The van der Waals surface area contributed by atoms with Gasteiger partial charge in [0, 0.05) is 12.1 Å². The Balaban J connectivity index is 2.00. The van der Waals surface area contributed by atoms with Gasteiger partial charge < -0.3 is 11.1 Å². The second kappa shape index (κ2) is 4.24. The van der Waals surface area contributed by atoms with E-state index in [0.29, 0.717) is 0 Å². The zero-order valence-corrected chi connectivity index (χ0v) is 8.40. The van der Waals surface area contributed by atoms with Crippen molar-refractivity contribution in [2.24, 2.45) is 11.7 Å². The minimum absolute atomic E-state index is 0.129. The molecule has 1 aliphatic rings. The Kier molecular flexibility index (Phi) is 3.53. The van der Waals surface area contributed by atoms with Gasteiger partial charge in [0.25, 0.3) is 0 Å². The Hall–Kier alpha value is -0.0800. The number of rotatable bonds is 5. The van der Waals surface area contributed by atoms with Crippen LogP contribution in [0.5, 0.6) is 0 Å². The Morgan fingerprint density at radius 1 is 1.42 bits per heavy atom. The molecule has 1 rings (SSSR count). The van der Waals surface area contributed by atoms with E-state index in [0.717, 1.165) is 19.0 Å². The highest BCUT2D eigenvalue weighted by atomic mass is 15.0. The number of hydrogen-bond acceptors (Lipinski definition) is 2. The molecule has 0 radical (unpaired) electrons. The molecule has 0 heterocycles. The standard InChI is InChI=1S/C10H22N2/c1-10(2,8-11)12-7-6-9-4-3-5-9/h9,12H,3-8,11H2,1-2H3. The topological polar surface area (TPSA) is 38.0 Å². The Bertz CT molecular complexity index is 128. The van der Waals surface area contributed by atoms with E-state index in [-0.39, 0.29) is 5.54 Å². The van der Waals surface area contributed by atoms with Gasteiger partial charge in [-0.1, -0.05) is 19.3 Å². The van der Waals surface area contributed by atoms with E-state index in [1.807, 2.05) is 0 Å². The maximum Gasteiger partial charge on any atom is 0.0247 e. The Labute approximate surface area is 75.9 Å². The molecule has 0 aromatic heterocycles. The lowest BCUT2D eigenvalue weighted by Crippen LogP contribution is -2.46. The van der Waals surface area contributed by atoms with Crippen LogP contribution < -0.4 is 11.1 Å². The number of nitrogens with two attached hydrogens (primary N) is 1. The van der Waals surface area contributed by atoms with Crippen molar-refractivity contribution in [3.63, 3.8) is 0 Å². The van der Waals surface area contributed by atoms with Crippen molar-refractivity contribution in [3.05, 3.63) is 0 Å². The average Bonchev–Trinajstić information content (AvgIpc) is 1.95. The summed E-state index contributed by atoms with van der Waals surface area (Å²) in [5.41, 5.74) is 5.74. The molecule has 1 aliphatic carbocycles. The van der Waals surface area contributed by atoms with Gasteiger partial charge >= 0.3 is 0 Å². The molecule has 72 valence electrons. The molecule has 12 heavy (non-hydrogen) atoms. The Morgan fingerprint density at radius 2 is 2.08 bits per heavy atom. The summed E-state index contributed by atoms with van der Waals surface area (Å²) in [7, 11) is 0. The fourth-order valence-corrected chi connectivity index (χ4v) is 1.47. The fourth-order valence-electron chi connectivity index (χ4n) is 1.47. The summed E-state index contributed by atoms with van der Waals surface area (Å²) in [5, 5.41) is 3.48. The summed E-state index contributed by atoms with van der Waals surface area (Å²) in [6.45, 7) is 6.17. The van der Waals surface area contributed by atoms with Crippen LogP contribution in [-0.2, 0) is 0 Å². The van der Waals surface area contributed by atoms with Crippen LogP contribution in [0.4, 0.5) is 0 Å². The van der Waals surface area contributed by atoms with Crippen molar-refractivity contribution >= 4 is 0 Å². The van der Waals surface area contributed by atoms with Crippen molar-refractivity contribution in [1.82, 2.24) is 5.32 Å². The second-order valence-electron chi connectivity index (χ2n) is 4.60. The molecule has 3 N–H and O–H groups in total. The zero-order valence-electron chi connectivity index (χ0n) is 8.40. The first-order valence-electron chi connectivity index (χ1n) is 5.09. The van der Waals surface area contributed by atoms with Crippen molar-refractivity contribution < 1.29 is 0 Å². The molecule has 0 bridgehead atoms. The smallest absolute Gasteiger partial charge is 0.0247 e. The molecule has 0 atom stereocenters. The summed E-state index contributed by atoms with van der Waals surface area (Å²) in [5.74, 6) is 1.01. The SMILES string of the molecule is CC(C)(CN)NCCC1CCC1. The van der Waals surface area contributed by atoms with Crippen molar-refractivity contribution in [2.45, 2.75) is 45.1 Å². The van der Waals surface area contributed by atoms with Crippen molar-refractivity contribution in [3.8, 4) is 0 Å². The first-order valence-corrected chi connectivity index (χ1v) is 5.09. The molecule has 2 heteroatoms. The van der Waals surface area contributed by atoms with Crippen LogP contribution in [0.1, 0.15) is 39.5 Å². The number of nitrogens with one attached hydrogen (secondary N) is 1. The Morgan fingerprint density at radius 3 is 2.50 bits per heavy atom. The van der Waals surface area contributed by atoms with Gasteiger partial charge in [-0.05, 0) is 32.7 Å². The van der Waals surface area contributed by atoms with Gasteiger partial charge in [-0.3, -0.25) is 0 Å². The van der Waals surface area contributed by atoms with Crippen molar-refractivity contribution in [1.29, 1.82) is 0 Å². The third-order valence-corrected chi connectivity index (χ3v) is 2.89. The first kappa shape index (κ1) is 10.0. The van der Waals surface area contributed by atoms with E-state index in [9.17, 15) is 0 Å². The minimum atomic E-state index is 0.129. The molecule has 0 unspecified atom stereocenters. The van der Waals surface area contributed by atoms with Crippen LogP contribution >= 0.6 is 0 Å². The van der Waals surface area contributed by atoms with Gasteiger partial charge in [0.2, 0.25) is 0 Å². The fraction of sp³-hybridized carbons (Fsp3) is 1.00. The van der Waals surface area contributed by atoms with Gasteiger partial charge in [-0.15, -0.1) is 0 Å². The average molecular weight is 170 g/mol. The molecule has 0 saturated heterocycles. The third-order valence-electron chi connectivity index (χ3n) is 2.89. The lowest BCUT2D eigenvalue weighted by Gasteiger charge is -2.29. The predicted molar refractivity (Wildman–Crippen MR) is 53.1 cm³/mol. The molecular formula is C10H22N2. The lowest BCUT2D eigenvalue weighted by molar-refractivity contribution is 0.276. The highest BCUT2D eigenvalue weighted by Gasteiger charge is 2.19. The first-order chi connectivity index (χ1) is 5.64. The van der Waals surface area contributed by atoms with Crippen molar-refractivity contribution in [2.75, 3.05) is 13.1 Å². The maximum atomic E-state index is 5.61. The van der Waals surface area contributed by atoms with Crippen LogP contribution in [0.3, 0.4) is 0 Å². The summed E-state index contributed by atoms with van der Waals surface area (Å²) < 4.78 is 0. The van der Waals surface area contributed by atoms with E-state index in [2.05, 4.69) is 19.2 Å². The molecule has 0 aromatic carbocycles. The maximum absolute atomic E-state index is 5.61. The van der Waals surface area contributed by atoms with Gasteiger partial charge in [0.1, 0.15) is 0 Å². The summed E-state index contributed by atoms with van der Waals surface area (Å²) in [6, 6.07) is 0. The second-order valence-corrected chi connectivity index (χ2v) is 4.60. The quantitative estimate of drug-likeness (QED) is 0.656. The molecule has 1 fully saturated rings. The summed E-state index contributed by atoms with van der Waals surface area (Å²) >= 11 is 0. The summed E-state index contributed by atoms with van der Waals surface area (Å²) in [4.78, 5) is 0. The van der Waals surface area contributed by atoms with Gasteiger partial charge in [-0.2, -0.15) is 0 Å². The van der Waals surface area contributed by atoms with E-state index in [1.165, 1.54) is 25.7 Å². The molecular weight excluding hydrogens is 148 g/mol. The summed E-state index contributed by atoms with van der Waals surface area (Å²) in [6.07, 6.45) is 5.68. The van der Waals surface area contributed by atoms with Gasteiger partial charge in [0.15, 0.2) is 0 Å². The van der Waals surface area contributed by atoms with Gasteiger partial charge in [0.05, 0.1) is 0 Å². The molecule has 0 aromatic rings. The van der Waals surface area contributed by atoms with Crippen LogP contribution in [-0.4, -0.2) is 18.6 Å². The largest absolute Gasteiger partial charge is 0.329 e. The van der Waals surface area contributed by atoms with Crippen LogP contribution in [0, 0.1) is 5.92 Å². The third kappa shape index (κ3) is 3.11. The minimum Gasteiger partial charge on any atom is -0.329 e. The van der Waals surface area contributed by atoms with Crippen LogP contribution in [0.15, 0.2) is 0 Å². The highest BCUT2D eigenvalue weighted by Crippen LogP contribution is 2.28.